The highest BCUT2D eigenvalue weighted by Gasteiger charge is 2.17. The molecule has 0 aliphatic carbocycles. The maximum Gasteiger partial charge on any atom is 0.183 e. The first-order valence-electron chi connectivity index (χ1n) is 7.35. The van der Waals surface area contributed by atoms with Gasteiger partial charge in [0.1, 0.15) is 4.60 Å². The van der Waals surface area contributed by atoms with E-state index in [-0.39, 0.29) is 6.29 Å². The fourth-order valence-corrected chi connectivity index (χ4v) is 3.08. The predicted molar refractivity (Wildman–Crippen MR) is 92.8 cm³/mol. The van der Waals surface area contributed by atoms with Crippen molar-refractivity contribution in [3.8, 4) is 0 Å². The number of rotatable bonds is 2. The van der Waals surface area contributed by atoms with Crippen LogP contribution in [0.15, 0.2) is 35.0 Å². The van der Waals surface area contributed by atoms with Crippen LogP contribution in [-0.2, 0) is 9.47 Å². The number of hydrogen-bond acceptors (Lipinski definition) is 3. The number of fused-ring (bicyclic) bond motifs is 1. The lowest BCUT2D eigenvalue weighted by molar-refractivity contribution is -0.182. The quantitative estimate of drug-likeness (QED) is 0.771. The van der Waals surface area contributed by atoms with Crippen molar-refractivity contribution in [1.29, 1.82) is 0 Å². The first kappa shape index (κ1) is 15.4. The van der Waals surface area contributed by atoms with Gasteiger partial charge in [-0.05, 0) is 46.6 Å². The van der Waals surface area contributed by atoms with Gasteiger partial charge in [-0.15, -0.1) is 0 Å². The number of aromatic nitrogens is 1. The summed E-state index contributed by atoms with van der Waals surface area (Å²) in [5, 5.41) is 2.97. The number of halogens is 1. The largest absolute Gasteiger partial charge is 0.348 e. The van der Waals surface area contributed by atoms with Crippen LogP contribution in [0.3, 0.4) is 0 Å². The third-order valence-corrected chi connectivity index (χ3v) is 4.27. The normalized spacial score (nSPS) is 17.6. The van der Waals surface area contributed by atoms with Gasteiger partial charge >= 0.3 is 0 Å². The molecule has 0 amide bonds. The zero-order valence-electron chi connectivity index (χ0n) is 12.5. The van der Waals surface area contributed by atoms with Gasteiger partial charge in [0.25, 0.3) is 0 Å². The van der Waals surface area contributed by atoms with E-state index in [0.717, 1.165) is 51.1 Å². The maximum absolute atomic E-state index is 5.68. The Morgan fingerprint density at radius 2 is 2.09 bits per heavy atom. The van der Waals surface area contributed by atoms with E-state index < -0.39 is 0 Å². The zero-order valence-corrected chi connectivity index (χ0v) is 14.1. The Morgan fingerprint density at radius 3 is 2.82 bits per heavy atom. The van der Waals surface area contributed by atoms with Crippen molar-refractivity contribution in [2.24, 2.45) is 0 Å². The van der Waals surface area contributed by atoms with Gasteiger partial charge in [-0.2, -0.15) is 0 Å². The molecule has 0 spiro atoms. The number of nitrogens with zero attached hydrogens (tertiary/aromatic N) is 1. The second-order valence-corrected chi connectivity index (χ2v) is 5.94. The molecule has 0 atom stereocenters. The first-order chi connectivity index (χ1) is 10.7. The minimum absolute atomic E-state index is 0.288. The van der Waals surface area contributed by atoms with E-state index in [0.29, 0.717) is 0 Å². The summed E-state index contributed by atoms with van der Waals surface area (Å²) >= 11 is 3.53. The van der Waals surface area contributed by atoms with Crippen LogP contribution in [0.4, 0.5) is 0 Å². The SMILES string of the molecule is C=c1/c(=C\C=C/C)c(Br)nc2ccc(C3OCCCO3)cc12. The van der Waals surface area contributed by atoms with Crippen molar-refractivity contribution in [3.05, 3.63) is 51.0 Å². The van der Waals surface area contributed by atoms with E-state index in [9.17, 15) is 0 Å². The summed E-state index contributed by atoms with van der Waals surface area (Å²) in [4.78, 5) is 4.61. The number of benzene rings is 1. The van der Waals surface area contributed by atoms with Gasteiger partial charge in [-0.25, -0.2) is 4.98 Å². The number of hydrogen-bond donors (Lipinski definition) is 0. The highest BCUT2D eigenvalue weighted by Crippen LogP contribution is 2.24. The molecule has 0 radical (unpaired) electrons. The van der Waals surface area contributed by atoms with Crippen LogP contribution in [0.5, 0.6) is 0 Å². The Labute approximate surface area is 138 Å². The molecule has 1 aliphatic heterocycles. The molecule has 2 heterocycles. The Hall–Kier alpha value is -1.49. The van der Waals surface area contributed by atoms with Crippen molar-refractivity contribution in [3.63, 3.8) is 0 Å². The molecule has 0 unspecified atom stereocenters. The second-order valence-electron chi connectivity index (χ2n) is 5.19. The Bertz CT molecular complexity index is 823. The van der Waals surface area contributed by atoms with Gasteiger partial charge < -0.3 is 9.47 Å². The molecule has 114 valence electrons. The molecule has 2 aromatic rings. The lowest BCUT2D eigenvalue weighted by atomic mass is 10.1. The van der Waals surface area contributed by atoms with Gasteiger partial charge in [0.15, 0.2) is 6.29 Å². The van der Waals surface area contributed by atoms with E-state index in [4.69, 9.17) is 9.47 Å². The molecular weight excluding hydrogens is 342 g/mol. The molecular formula is C18H18BrNO2. The average Bonchev–Trinajstić information content (AvgIpc) is 2.55. The van der Waals surface area contributed by atoms with Crippen LogP contribution in [-0.4, -0.2) is 18.2 Å². The highest BCUT2D eigenvalue weighted by atomic mass is 79.9. The standard InChI is InChI=1S/C18H18BrNO2/c1-3-4-6-14-12(2)15-11-13(18-21-9-5-10-22-18)7-8-16(15)20-17(14)19/h3-4,6-8,11,18H,2,5,9-10H2,1H3/b4-3-,14-6+. The van der Waals surface area contributed by atoms with Crippen LogP contribution in [0, 0.1) is 0 Å². The lowest BCUT2D eigenvalue weighted by Crippen LogP contribution is -2.27. The lowest BCUT2D eigenvalue weighted by Gasteiger charge is -2.23. The Balaban J connectivity index is 2.16. The van der Waals surface area contributed by atoms with Crippen molar-refractivity contribution < 1.29 is 9.47 Å². The molecule has 3 nitrogen and oxygen atoms in total. The number of allylic oxidation sites excluding steroid dienone is 2. The summed E-state index contributed by atoms with van der Waals surface area (Å²) in [5.41, 5.74) is 1.92. The minimum atomic E-state index is -0.288. The van der Waals surface area contributed by atoms with E-state index >= 15 is 0 Å². The van der Waals surface area contributed by atoms with Crippen LogP contribution in [0.25, 0.3) is 23.6 Å². The Kier molecular flexibility index (Phi) is 4.71. The van der Waals surface area contributed by atoms with Crippen LogP contribution in [0.2, 0.25) is 0 Å². The molecule has 1 fully saturated rings. The summed E-state index contributed by atoms with van der Waals surface area (Å²) in [5.74, 6) is 0. The van der Waals surface area contributed by atoms with E-state index in [2.05, 4.69) is 33.6 Å². The molecule has 1 aromatic heterocycles. The van der Waals surface area contributed by atoms with Crippen LogP contribution >= 0.6 is 15.9 Å². The topological polar surface area (TPSA) is 31.4 Å². The second kappa shape index (κ2) is 6.73. The number of ether oxygens (including phenoxy) is 2. The first-order valence-corrected chi connectivity index (χ1v) is 8.14. The minimum Gasteiger partial charge on any atom is -0.348 e. The molecule has 1 saturated heterocycles. The van der Waals surface area contributed by atoms with Gasteiger partial charge in [0, 0.05) is 16.2 Å². The highest BCUT2D eigenvalue weighted by molar-refractivity contribution is 9.10. The fourth-order valence-electron chi connectivity index (χ4n) is 2.52. The van der Waals surface area contributed by atoms with Crippen molar-refractivity contribution in [2.75, 3.05) is 13.2 Å². The summed E-state index contributed by atoms with van der Waals surface area (Å²) in [6, 6.07) is 6.07. The molecule has 4 heteroatoms. The van der Waals surface area contributed by atoms with Crippen LogP contribution < -0.4 is 10.4 Å². The van der Waals surface area contributed by atoms with Crippen molar-refractivity contribution in [1.82, 2.24) is 4.98 Å². The van der Waals surface area contributed by atoms with Gasteiger partial charge in [-0.1, -0.05) is 30.9 Å². The third kappa shape index (κ3) is 3.00. The molecule has 0 N–H and O–H groups in total. The van der Waals surface area contributed by atoms with Gasteiger partial charge in [0.2, 0.25) is 0 Å². The van der Waals surface area contributed by atoms with Crippen molar-refractivity contribution >= 4 is 39.5 Å². The monoisotopic (exact) mass is 359 g/mol. The maximum atomic E-state index is 5.68. The fraction of sp³-hybridized carbons (Fsp3) is 0.278. The molecule has 0 saturated carbocycles. The summed E-state index contributed by atoms with van der Waals surface area (Å²) < 4.78 is 12.2. The number of pyridine rings is 1. The van der Waals surface area contributed by atoms with E-state index in [1.165, 1.54) is 0 Å². The molecule has 1 aromatic carbocycles. The molecule has 22 heavy (non-hydrogen) atoms. The smallest absolute Gasteiger partial charge is 0.183 e. The van der Waals surface area contributed by atoms with Crippen LogP contribution in [0.1, 0.15) is 25.2 Å². The van der Waals surface area contributed by atoms with E-state index in [1.54, 1.807) is 0 Å². The van der Waals surface area contributed by atoms with Gasteiger partial charge in [0.05, 0.1) is 18.7 Å². The molecule has 3 rings (SSSR count). The molecule has 0 bridgehead atoms. The summed E-state index contributed by atoms with van der Waals surface area (Å²) in [6.07, 6.45) is 6.64. The summed E-state index contributed by atoms with van der Waals surface area (Å²) in [7, 11) is 0. The molecule has 1 aliphatic rings. The van der Waals surface area contributed by atoms with Crippen molar-refractivity contribution in [2.45, 2.75) is 19.6 Å². The zero-order chi connectivity index (χ0) is 15.5. The Morgan fingerprint density at radius 1 is 1.32 bits per heavy atom. The van der Waals surface area contributed by atoms with Gasteiger partial charge in [-0.3, -0.25) is 0 Å². The predicted octanol–water partition coefficient (Wildman–Crippen LogP) is 3.20. The summed E-state index contributed by atoms with van der Waals surface area (Å²) in [6.45, 7) is 7.69. The third-order valence-electron chi connectivity index (χ3n) is 3.67. The average molecular weight is 360 g/mol. The van der Waals surface area contributed by atoms with E-state index in [1.807, 2.05) is 37.3 Å².